The Hall–Kier alpha value is -1.45. The number of hydrogen-bond donors (Lipinski definition) is 0. The molecule has 0 aromatic rings. The molecule has 0 bridgehead atoms. The Morgan fingerprint density at radius 2 is 1.92 bits per heavy atom. The van der Waals surface area contributed by atoms with Gasteiger partial charge in [0, 0.05) is 24.2 Å². The van der Waals surface area contributed by atoms with E-state index in [-0.39, 0.29) is 28.6 Å². The maximum Gasteiger partial charge on any atom is 0.293 e. The zero-order valence-corrected chi connectivity index (χ0v) is 14.5. The van der Waals surface area contributed by atoms with Crippen molar-refractivity contribution in [2.75, 3.05) is 0 Å². The summed E-state index contributed by atoms with van der Waals surface area (Å²) >= 11 is 0. The van der Waals surface area contributed by atoms with Crippen molar-refractivity contribution in [1.82, 2.24) is 0 Å². The van der Waals surface area contributed by atoms with Crippen molar-refractivity contribution >= 4 is 18.0 Å². The Bertz CT molecular complexity index is 636. The van der Waals surface area contributed by atoms with Crippen LogP contribution in [-0.4, -0.2) is 24.1 Å². The molecule has 0 amide bonds. The molecule has 0 saturated heterocycles. The van der Waals surface area contributed by atoms with Gasteiger partial charge in [-0.2, -0.15) is 0 Å². The molecule has 3 saturated carbocycles. The monoisotopic (exact) mass is 330 g/mol. The molecule has 4 rings (SSSR count). The van der Waals surface area contributed by atoms with Crippen LogP contribution in [0.5, 0.6) is 0 Å². The van der Waals surface area contributed by atoms with Gasteiger partial charge < -0.3 is 4.74 Å². The molecule has 4 aliphatic rings. The first-order valence-corrected chi connectivity index (χ1v) is 9.26. The number of rotatable bonds is 2. The van der Waals surface area contributed by atoms with Gasteiger partial charge in [0.15, 0.2) is 5.78 Å². The average Bonchev–Trinajstić information content (AvgIpc) is 2.83. The number of carbonyl (C=O) groups is 3. The quantitative estimate of drug-likeness (QED) is 0.729. The molecule has 0 spiro atoms. The van der Waals surface area contributed by atoms with Crippen LogP contribution in [0.4, 0.5) is 0 Å². The fourth-order valence-corrected chi connectivity index (χ4v) is 6.62. The van der Waals surface area contributed by atoms with Crippen molar-refractivity contribution in [2.45, 2.75) is 64.9 Å². The van der Waals surface area contributed by atoms with Crippen molar-refractivity contribution in [3.8, 4) is 0 Å². The normalized spacial score (nSPS) is 47.3. The van der Waals surface area contributed by atoms with Gasteiger partial charge in [-0.3, -0.25) is 14.4 Å². The highest BCUT2D eigenvalue weighted by Gasteiger charge is 2.62. The second-order valence-corrected chi connectivity index (χ2v) is 8.74. The van der Waals surface area contributed by atoms with Crippen LogP contribution in [0.3, 0.4) is 0 Å². The van der Waals surface area contributed by atoms with E-state index in [1.165, 1.54) is 5.57 Å². The van der Waals surface area contributed by atoms with Gasteiger partial charge in [-0.25, -0.2) is 0 Å². The Balaban J connectivity index is 1.78. The first kappa shape index (κ1) is 16.0. The lowest BCUT2D eigenvalue weighted by molar-refractivity contribution is -0.166. The standard InChI is InChI=1S/C20H26O4/c1-19-8-7-13(22)9-12(19)3-4-14-15-5-6-17(23)20(15,2)10-16(18(14)19)24-11-21/h9,11,14-16,18H,3-8,10H2,1-2H3/t14-,15-,16?,18-,19-,20-/m0/s1. The van der Waals surface area contributed by atoms with E-state index in [0.717, 1.165) is 25.7 Å². The van der Waals surface area contributed by atoms with Crippen LogP contribution in [0, 0.1) is 28.6 Å². The molecular formula is C20H26O4. The van der Waals surface area contributed by atoms with Crippen LogP contribution in [0.25, 0.3) is 0 Å². The number of hydrogen-bond acceptors (Lipinski definition) is 4. The minimum Gasteiger partial charge on any atom is -0.464 e. The van der Waals surface area contributed by atoms with Crippen LogP contribution < -0.4 is 0 Å². The lowest BCUT2D eigenvalue weighted by Crippen LogP contribution is -2.57. The maximum absolute atomic E-state index is 12.6. The summed E-state index contributed by atoms with van der Waals surface area (Å²) in [5, 5.41) is 0. The van der Waals surface area contributed by atoms with E-state index in [9.17, 15) is 14.4 Å². The molecule has 4 nitrogen and oxygen atoms in total. The minimum absolute atomic E-state index is 0.0720. The molecule has 1 unspecified atom stereocenters. The summed E-state index contributed by atoms with van der Waals surface area (Å²) in [5.41, 5.74) is 0.835. The molecule has 0 N–H and O–H groups in total. The molecule has 0 aromatic carbocycles. The highest BCUT2D eigenvalue weighted by atomic mass is 16.5. The van der Waals surface area contributed by atoms with Gasteiger partial charge in [0.1, 0.15) is 11.9 Å². The molecule has 0 heterocycles. The summed E-state index contributed by atoms with van der Waals surface area (Å²) in [7, 11) is 0. The van der Waals surface area contributed by atoms with Crippen molar-refractivity contribution in [2.24, 2.45) is 28.6 Å². The van der Waals surface area contributed by atoms with Crippen molar-refractivity contribution in [3.63, 3.8) is 0 Å². The van der Waals surface area contributed by atoms with Gasteiger partial charge >= 0.3 is 0 Å². The highest BCUT2D eigenvalue weighted by Crippen LogP contribution is 2.64. The zero-order chi connectivity index (χ0) is 17.1. The van der Waals surface area contributed by atoms with Crippen LogP contribution >= 0.6 is 0 Å². The molecular weight excluding hydrogens is 304 g/mol. The summed E-state index contributed by atoms with van der Waals surface area (Å²) in [6.45, 7) is 4.89. The average molecular weight is 330 g/mol. The third kappa shape index (κ3) is 2.01. The summed E-state index contributed by atoms with van der Waals surface area (Å²) in [6, 6.07) is 0. The lowest BCUT2D eigenvalue weighted by Gasteiger charge is -2.58. The van der Waals surface area contributed by atoms with Crippen molar-refractivity contribution in [3.05, 3.63) is 11.6 Å². The Morgan fingerprint density at radius 1 is 1.12 bits per heavy atom. The van der Waals surface area contributed by atoms with Gasteiger partial charge in [-0.15, -0.1) is 0 Å². The van der Waals surface area contributed by atoms with Gasteiger partial charge in [-0.1, -0.05) is 19.4 Å². The molecule has 6 atom stereocenters. The first-order valence-electron chi connectivity index (χ1n) is 9.26. The van der Waals surface area contributed by atoms with E-state index in [0.29, 0.717) is 43.4 Å². The SMILES string of the molecule is C[C@]12CCC(=O)C=C1CC[C@@H]1[C@H]2C(OC=O)C[C@]2(C)C(=O)CC[C@@H]12. The fraction of sp³-hybridized carbons (Fsp3) is 0.750. The first-order chi connectivity index (χ1) is 11.4. The van der Waals surface area contributed by atoms with Gasteiger partial charge in [-0.05, 0) is 55.4 Å². The number of ether oxygens (including phenoxy) is 1. The van der Waals surface area contributed by atoms with E-state index in [2.05, 4.69) is 13.8 Å². The van der Waals surface area contributed by atoms with Crippen LogP contribution in [0.15, 0.2) is 11.6 Å². The fourth-order valence-electron chi connectivity index (χ4n) is 6.62. The summed E-state index contributed by atoms with van der Waals surface area (Å²) < 4.78 is 5.57. The van der Waals surface area contributed by atoms with E-state index >= 15 is 0 Å². The molecule has 4 aliphatic carbocycles. The van der Waals surface area contributed by atoms with Crippen LogP contribution in [0.2, 0.25) is 0 Å². The Labute approximate surface area is 143 Å². The summed E-state index contributed by atoms with van der Waals surface area (Å²) in [4.78, 5) is 35.6. The zero-order valence-electron chi connectivity index (χ0n) is 14.5. The second kappa shape index (κ2) is 5.27. The Morgan fingerprint density at radius 3 is 2.67 bits per heavy atom. The smallest absolute Gasteiger partial charge is 0.293 e. The highest BCUT2D eigenvalue weighted by molar-refractivity contribution is 5.91. The molecule has 0 radical (unpaired) electrons. The number of fused-ring (bicyclic) bond motifs is 5. The number of ketones is 2. The van der Waals surface area contributed by atoms with Crippen molar-refractivity contribution < 1.29 is 19.1 Å². The van der Waals surface area contributed by atoms with Crippen LogP contribution in [0.1, 0.15) is 58.8 Å². The van der Waals surface area contributed by atoms with Gasteiger partial charge in [0.25, 0.3) is 6.47 Å². The van der Waals surface area contributed by atoms with Gasteiger partial charge in [0.05, 0.1) is 0 Å². The van der Waals surface area contributed by atoms with E-state index in [1.807, 2.05) is 6.08 Å². The maximum atomic E-state index is 12.6. The minimum atomic E-state index is -0.336. The summed E-state index contributed by atoms with van der Waals surface area (Å²) in [5.74, 6) is 1.62. The number of Topliss-reactive ketones (excluding diaryl/α,β-unsaturated/α-hetero) is 1. The third-order valence-electron chi connectivity index (χ3n) is 7.81. The number of allylic oxidation sites excluding steroid dienone is 1. The molecule has 0 aromatic heterocycles. The van der Waals surface area contributed by atoms with Gasteiger partial charge in [0.2, 0.25) is 0 Å². The molecule has 24 heavy (non-hydrogen) atoms. The van der Waals surface area contributed by atoms with E-state index in [1.54, 1.807) is 0 Å². The predicted molar refractivity (Wildman–Crippen MR) is 88.0 cm³/mol. The molecule has 130 valence electrons. The molecule has 4 heteroatoms. The van der Waals surface area contributed by atoms with Crippen molar-refractivity contribution in [1.29, 1.82) is 0 Å². The lowest BCUT2D eigenvalue weighted by atomic mass is 9.46. The largest absolute Gasteiger partial charge is 0.464 e. The topological polar surface area (TPSA) is 60.4 Å². The summed E-state index contributed by atoms with van der Waals surface area (Å²) in [6.07, 6.45) is 7.29. The number of carbonyl (C=O) groups excluding carboxylic acids is 3. The molecule has 0 aliphatic heterocycles. The third-order valence-corrected chi connectivity index (χ3v) is 7.81. The molecule has 3 fully saturated rings. The second-order valence-electron chi connectivity index (χ2n) is 8.74. The van der Waals surface area contributed by atoms with E-state index < -0.39 is 0 Å². The van der Waals surface area contributed by atoms with Crippen LogP contribution in [-0.2, 0) is 19.1 Å². The van der Waals surface area contributed by atoms with E-state index in [4.69, 9.17) is 4.74 Å². The predicted octanol–water partition coefficient (Wildman–Crippen LogP) is 3.24. The Kier molecular flexibility index (Phi) is 3.52.